The van der Waals surface area contributed by atoms with Crippen LogP contribution in [0.25, 0.3) is 0 Å². The largest absolute Gasteiger partial charge is 0.381 e. The van der Waals surface area contributed by atoms with Gasteiger partial charge in [-0.3, -0.25) is 4.79 Å². The predicted octanol–water partition coefficient (Wildman–Crippen LogP) is 2.43. The van der Waals surface area contributed by atoms with Gasteiger partial charge in [-0.05, 0) is 37.5 Å². The van der Waals surface area contributed by atoms with Crippen molar-refractivity contribution in [1.82, 2.24) is 0 Å². The first-order chi connectivity index (χ1) is 8.16. The lowest BCUT2D eigenvalue weighted by molar-refractivity contribution is -0.130. The maximum atomic E-state index is 11.8. The van der Waals surface area contributed by atoms with E-state index in [0.29, 0.717) is 19.3 Å². The molecule has 1 saturated carbocycles. The smallest absolute Gasteiger partial charge is 0.163 e. The summed E-state index contributed by atoms with van der Waals surface area (Å²) in [6, 6.07) is 0. The van der Waals surface area contributed by atoms with Crippen molar-refractivity contribution in [2.24, 2.45) is 17.8 Å². The van der Waals surface area contributed by atoms with E-state index in [0.717, 1.165) is 37.7 Å². The standard InChI is InChI=1S/C14H24O3/c1-10-3-4-13(7-11(10)2)17-9-14(15)12-5-6-16-8-12/h10-13H,3-9H2,1-2H3. The van der Waals surface area contributed by atoms with E-state index in [1.807, 2.05) is 0 Å². The fourth-order valence-corrected chi connectivity index (χ4v) is 2.76. The average Bonchev–Trinajstić information content (AvgIpc) is 2.84. The highest BCUT2D eigenvalue weighted by atomic mass is 16.5. The lowest BCUT2D eigenvalue weighted by Gasteiger charge is -2.31. The molecule has 2 aliphatic rings. The number of ether oxygens (including phenoxy) is 2. The summed E-state index contributed by atoms with van der Waals surface area (Å²) < 4.78 is 11.0. The van der Waals surface area contributed by atoms with Gasteiger partial charge in [0.15, 0.2) is 5.78 Å². The van der Waals surface area contributed by atoms with E-state index in [-0.39, 0.29) is 11.7 Å². The van der Waals surface area contributed by atoms with Gasteiger partial charge in [0.2, 0.25) is 0 Å². The summed E-state index contributed by atoms with van der Waals surface area (Å²) in [4.78, 5) is 11.8. The van der Waals surface area contributed by atoms with Crippen LogP contribution in [0, 0.1) is 17.8 Å². The van der Waals surface area contributed by atoms with Crippen LogP contribution in [-0.2, 0) is 14.3 Å². The third-order valence-electron chi connectivity index (χ3n) is 4.40. The van der Waals surface area contributed by atoms with Crippen LogP contribution < -0.4 is 0 Å². The van der Waals surface area contributed by atoms with E-state index in [4.69, 9.17) is 9.47 Å². The molecule has 0 bridgehead atoms. The molecule has 0 aromatic rings. The van der Waals surface area contributed by atoms with Crippen molar-refractivity contribution in [1.29, 1.82) is 0 Å². The molecule has 0 spiro atoms. The van der Waals surface area contributed by atoms with Crippen LogP contribution in [0.4, 0.5) is 0 Å². The number of rotatable bonds is 4. The number of hydrogen-bond acceptors (Lipinski definition) is 3. The number of hydrogen-bond donors (Lipinski definition) is 0. The molecule has 0 aromatic heterocycles. The first kappa shape index (κ1) is 13.0. The first-order valence-electron chi connectivity index (χ1n) is 6.89. The number of carbonyl (C=O) groups is 1. The molecule has 1 saturated heterocycles. The Balaban J connectivity index is 1.69. The molecule has 0 aromatic carbocycles. The Hall–Kier alpha value is -0.410. The van der Waals surface area contributed by atoms with E-state index in [1.165, 1.54) is 6.42 Å². The highest BCUT2D eigenvalue weighted by Crippen LogP contribution is 2.31. The Morgan fingerprint density at radius 2 is 2.06 bits per heavy atom. The van der Waals surface area contributed by atoms with Crippen molar-refractivity contribution in [2.45, 2.75) is 45.6 Å². The molecule has 3 nitrogen and oxygen atoms in total. The average molecular weight is 240 g/mol. The van der Waals surface area contributed by atoms with Crippen LogP contribution in [0.3, 0.4) is 0 Å². The molecule has 1 aliphatic carbocycles. The van der Waals surface area contributed by atoms with Crippen molar-refractivity contribution in [2.75, 3.05) is 19.8 Å². The zero-order valence-electron chi connectivity index (χ0n) is 11.0. The summed E-state index contributed by atoms with van der Waals surface area (Å²) >= 11 is 0. The van der Waals surface area contributed by atoms with Crippen LogP contribution in [0.2, 0.25) is 0 Å². The monoisotopic (exact) mass is 240 g/mol. The molecule has 4 atom stereocenters. The minimum Gasteiger partial charge on any atom is -0.381 e. The van der Waals surface area contributed by atoms with Gasteiger partial charge in [-0.15, -0.1) is 0 Å². The molecule has 1 aliphatic heterocycles. The van der Waals surface area contributed by atoms with Gasteiger partial charge in [-0.25, -0.2) is 0 Å². The second kappa shape index (κ2) is 5.96. The van der Waals surface area contributed by atoms with Gasteiger partial charge in [0.05, 0.1) is 12.7 Å². The van der Waals surface area contributed by atoms with E-state index < -0.39 is 0 Å². The molecule has 0 amide bonds. The number of ketones is 1. The maximum Gasteiger partial charge on any atom is 0.163 e. The summed E-state index contributed by atoms with van der Waals surface area (Å²) in [7, 11) is 0. The lowest BCUT2D eigenvalue weighted by atomic mass is 9.80. The zero-order chi connectivity index (χ0) is 12.3. The van der Waals surface area contributed by atoms with Gasteiger partial charge in [0.1, 0.15) is 6.61 Å². The quantitative estimate of drug-likeness (QED) is 0.757. The summed E-state index contributed by atoms with van der Waals surface area (Å²) in [6.07, 6.45) is 4.62. The SMILES string of the molecule is CC1CCC(OCC(=O)C2CCOC2)CC1C. The molecular formula is C14H24O3. The zero-order valence-corrected chi connectivity index (χ0v) is 11.0. The van der Waals surface area contributed by atoms with Gasteiger partial charge in [0.25, 0.3) is 0 Å². The van der Waals surface area contributed by atoms with Gasteiger partial charge in [0, 0.05) is 12.5 Å². The molecule has 0 radical (unpaired) electrons. The van der Waals surface area contributed by atoms with Crippen molar-refractivity contribution < 1.29 is 14.3 Å². The van der Waals surface area contributed by atoms with Crippen molar-refractivity contribution in [3.05, 3.63) is 0 Å². The molecular weight excluding hydrogens is 216 g/mol. The third kappa shape index (κ3) is 3.52. The van der Waals surface area contributed by atoms with E-state index >= 15 is 0 Å². The molecule has 3 heteroatoms. The van der Waals surface area contributed by atoms with Crippen LogP contribution >= 0.6 is 0 Å². The topological polar surface area (TPSA) is 35.5 Å². The number of Topliss-reactive ketones (excluding diaryl/α,β-unsaturated/α-hetero) is 1. The van der Waals surface area contributed by atoms with Crippen LogP contribution in [0.5, 0.6) is 0 Å². The van der Waals surface area contributed by atoms with E-state index in [1.54, 1.807) is 0 Å². The minimum atomic E-state index is 0.0925. The van der Waals surface area contributed by atoms with Gasteiger partial charge in [-0.2, -0.15) is 0 Å². The summed E-state index contributed by atoms with van der Waals surface area (Å²) in [5, 5.41) is 0. The maximum absolute atomic E-state index is 11.8. The Kier molecular flexibility index (Phi) is 4.57. The second-order valence-electron chi connectivity index (χ2n) is 5.73. The minimum absolute atomic E-state index is 0.0925. The molecule has 2 rings (SSSR count). The molecule has 0 N–H and O–H groups in total. The Morgan fingerprint density at radius 1 is 1.24 bits per heavy atom. The van der Waals surface area contributed by atoms with Gasteiger partial charge >= 0.3 is 0 Å². The highest BCUT2D eigenvalue weighted by molar-refractivity contribution is 5.82. The number of carbonyl (C=O) groups excluding carboxylic acids is 1. The molecule has 17 heavy (non-hydrogen) atoms. The summed E-state index contributed by atoms with van der Waals surface area (Å²) in [5.41, 5.74) is 0. The van der Waals surface area contributed by atoms with Crippen LogP contribution in [0.15, 0.2) is 0 Å². The summed E-state index contributed by atoms with van der Waals surface area (Å²) in [5.74, 6) is 1.84. The Morgan fingerprint density at radius 3 is 2.71 bits per heavy atom. The van der Waals surface area contributed by atoms with Gasteiger partial charge < -0.3 is 9.47 Å². The highest BCUT2D eigenvalue weighted by Gasteiger charge is 2.27. The third-order valence-corrected chi connectivity index (χ3v) is 4.40. The van der Waals surface area contributed by atoms with Crippen LogP contribution in [0.1, 0.15) is 39.5 Å². The lowest BCUT2D eigenvalue weighted by Crippen LogP contribution is -2.30. The summed E-state index contributed by atoms with van der Waals surface area (Å²) in [6.45, 7) is 6.21. The fourth-order valence-electron chi connectivity index (χ4n) is 2.76. The molecule has 2 fully saturated rings. The van der Waals surface area contributed by atoms with Crippen molar-refractivity contribution in [3.8, 4) is 0 Å². The Bertz CT molecular complexity index is 258. The fraction of sp³-hybridized carbons (Fsp3) is 0.929. The first-order valence-corrected chi connectivity index (χ1v) is 6.89. The normalized spacial score (nSPS) is 38.2. The Labute approximate surface area is 104 Å². The second-order valence-corrected chi connectivity index (χ2v) is 5.73. The predicted molar refractivity (Wildman–Crippen MR) is 65.9 cm³/mol. The van der Waals surface area contributed by atoms with Gasteiger partial charge in [-0.1, -0.05) is 13.8 Å². The van der Waals surface area contributed by atoms with E-state index in [9.17, 15) is 4.79 Å². The molecule has 98 valence electrons. The van der Waals surface area contributed by atoms with Crippen molar-refractivity contribution in [3.63, 3.8) is 0 Å². The van der Waals surface area contributed by atoms with Crippen LogP contribution in [-0.4, -0.2) is 31.7 Å². The van der Waals surface area contributed by atoms with E-state index in [2.05, 4.69) is 13.8 Å². The molecule has 1 heterocycles. The molecule has 4 unspecified atom stereocenters. The van der Waals surface area contributed by atoms with Crippen molar-refractivity contribution >= 4 is 5.78 Å².